The van der Waals surface area contributed by atoms with Crippen molar-refractivity contribution in [2.24, 2.45) is 5.92 Å². The number of rotatable bonds is 10. The molecule has 154 valence electrons. The van der Waals surface area contributed by atoms with E-state index in [9.17, 15) is 9.59 Å². The summed E-state index contributed by atoms with van der Waals surface area (Å²) in [6, 6.07) is 9.51. The number of carboxylic acids is 1. The molecule has 2 rings (SSSR count). The monoisotopic (exact) mass is 390 g/mol. The van der Waals surface area contributed by atoms with Crippen LogP contribution in [0.5, 0.6) is 0 Å². The first-order chi connectivity index (χ1) is 13.5. The van der Waals surface area contributed by atoms with Crippen LogP contribution in [-0.4, -0.2) is 42.7 Å². The number of carboxylic acid groups (broad SMARTS) is 1. The van der Waals surface area contributed by atoms with Gasteiger partial charge in [-0.25, -0.2) is 4.79 Å². The number of benzene rings is 1. The van der Waals surface area contributed by atoms with Crippen molar-refractivity contribution in [2.45, 2.75) is 51.5 Å². The van der Waals surface area contributed by atoms with E-state index in [2.05, 4.69) is 10.6 Å². The van der Waals surface area contributed by atoms with E-state index in [1.54, 1.807) is 0 Å². The van der Waals surface area contributed by atoms with Gasteiger partial charge in [-0.05, 0) is 31.7 Å². The fourth-order valence-corrected chi connectivity index (χ4v) is 2.99. The van der Waals surface area contributed by atoms with Gasteiger partial charge in [0.1, 0.15) is 0 Å². The number of allylic oxidation sites excluding steroid dienone is 2. The number of aliphatic carboxylic acids is 1. The van der Waals surface area contributed by atoms with E-state index in [4.69, 9.17) is 14.6 Å². The van der Waals surface area contributed by atoms with E-state index < -0.39 is 5.97 Å². The summed E-state index contributed by atoms with van der Waals surface area (Å²) in [4.78, 5) is 22.6. The Labute approximate surface area is 166 Å². The molecule has 28 heavy (non-hydrogen) atoms. The van der Waals surface area contributed by atoms with Crippen molar-refractivity contribution in [3.8, 4) is 0 Å². The van der Waals surface area contributed by atoms with Crippen LogP contribution in [0.25, 0.3) is 0 Å². The van der Waals surface area contributed by atoms with Crippen molar-refractivity contribution < 1.29 is 24.2 Å². The molecule has 0 aromatic heterocycles. The minimum Gasteiger partial charge on any atom is -0.481 e. The topological polar surface area (TPSA) is 96.9 Å². The molecule has 0 bridgehead atoms. The Balaban J connectivity index is 1.72. The van der Waals surface area contributed by atoms with Crippen LogP contribution >= 0.6 is 0 Å². The Morgan fingerprint density at radius 1 is 1.21 bits per heavy atom. The number of ether oxygens (including phenoxy) is 2. The van der Waals surface area contributed by atoms with Gasteiger partial charge in [0.2, 0.25) is 0 Å². The van der Waals surface area contributed by atoms with Gasteiger partial charge in [-0.2, -0.15) is 0 Å². The van der Waals surface area contributed by atoms with Gasteiger partial charge in [0.05, 0.1) is 12.7 Å². The summed E-state index contributed by atoms with van der Waals surface area (Å²) in [5.74, 6) is -0.630. The third kappa shape index (κ3) is 8.54. The number of hydrogen-bond donors (Lipinski definition) is 3. The maximum absolute atomic E-state index is 12.1. The van der Waals surface area contributed by atoms with E-state index in [-0.39, 0.29) is 30.8 Å². The van der Waals surface area contributed by atoms with Crippen molar-refractivity contribution in [3.63, 3.8) is 0 Å². The van der Waals surface area contributed by atoms with Crippen LogP contribution in [0.1, 0.15) is 38.2 Å². The molecule has 1 saturated heterocycles. The fourth-order valence-electron chi connectivity index (χ4n) is 2.99. The molecule has 0 spiro atoms. The molecule has 0 radical (unpaired) electrons. The number of carbonyl (C=O) groups is 2. The zero-order chi connectivity index (χ0) is 20.2. The second-order valence-electron chi connectivity index (χ2n) is 6.88. The lowest BCUT2D eigenvalue weighted by atomic mass is 9.97. The maximum Gasteiger partial charge on any atom is 0.315 e. The van der Waals surface area contributed by atoms with Crippen molar-refractivity contribution >= 4 is 12.0 Å². The highest BCUT2D eigenvalue weighted by atomic mass is 16.7. The average molecular weight is 390 g/mol. The summed E-state index contributed by atoms with van der Waals surface area (Å²) in [6.07, 6.45) is 5.93. The summed E-state index contributed by atoms with van der Waals surface area (Å²) in [5.41, 5.74) is 1.04. The Morgan fingerprint density at radius 2 is 2.00 bits per heavy atom. The fraction of sp³-hybridized carbons (Fsp3) is 0.524. The Morgan fingerprint density at radius 3 is 2.75 bits per heavy atom. The lowest BCUT2D eigenvalue weighted by Gasteiger charge is -2.35. The van der Waals surface area contributed by atoms with Crippen LogP contribution in [0.2, 0.25) is 0 Å². The van der Waals surface area contributed by atoms with Crippen molar-refractivity contribution in [2.75, 3.05) is 13.2 Å². The van der Waals surface area contributed by atoms with Gasteiger partial charge in [0, 0.05) is 25.4 Å². The van der Waals surface area contributed by atoms with Crippen LogP contribution in [0.15, 0.2) is 42.5 Å². The quantitative estimate of drug-likeness (QED) is 0.421. The first-order valence-corrected chi connectivity index (χ1v) is 9.74. The summed E-state index contributed by atoms with van der Waals surface area (Å²) in [6.45, 7) is 3.30. The lowest BCUT2D eigenvalue weighted by molar-refractivity contribution is -0.224. The molecule has 0 saturated carbocycles. The molecule has 1 aliphatic rings. The molecule has 3 N–H and O–H groups in total. The zero-order valence-electron chi connectivity index (χ0n) is 16.3. The smallest absolute Gasteiger partial charge is 0.315 e. The molecule has 1 aromatic carbocycles. The number of urea groups is 1. The van der Waals surface area contributed by atoms with Gasteiger partial charge < -0.3 is 25.2 Å². The minimum atomic E-state index is -0.770. The molecule has 0 aliphatic carbocycles. The summed E-state index contributed by atoms with van der Waals surface area (Å²) < 4.78 is 11.4. The second-order valence-corrected chi connectivity index (χ2v) is 6.88. The van der Waals surface area contributed by atoms with E-state index in [0.717, 1.165) is 18.4 Å². The first-order valence-electron chi connectivity index (χ1n) is 9.74. The number of hydrogen-bond acceptors (Lipinski definition) is 4. The van der Waals surface area contributed by atoms with Crippen molar-refractivity contribution in [3.05, 3.63) is 48.0 Å². The first kappa shape index (κ1) is 21.9. The van der Waals surface area contributed by atoms with E-state index >= 15 is 0 Å². The molecular formula is C21H30N2O5. The standard InChI is InChI=1S/C21H30N2O5/c1-16-27-15-18(11-7-2-3-8-12-20(24)25)19(28-16)14-23-21(26)22-13-17-9-5-4-6-10-17/h2,4-7,9-10,16,18-19H,3,8,11-15H2,1H3,(H,24,25)(H2,22,23,26)/t16-,18+,19+/m1/s1. The van der Waals surface area contributed by atoms with Crippen molar-refractivity contribution in [1.29, 1.82) is 0 Å². The molecular weight excluding hydrogens is 360 g/mol. The Hall–Kier alpha value is -2.38. The minimum absolute atomic E-state index is 0.130. The number of carbonyl (C=O) groups excluding carboxylic acids is 1. The number of amides is 2. The van der Waals surface area contributed by atoms with Crippen molar-refractivity contribution in [1.82, 2.24) is 10.6 Å². The summed E-state index contributed by atoms with van der Waals surface area (Å²) >= 11 is 0. The third-order valence-electron chi connectivity index (χ3n) is 4.56. The highest BCUT2D eigenvalue weighted by Gasteiger charge is 2.29. The zero-order valence-corrected chi connectivity index (χ0v) is 16.3. The average Bonchev–Trinajstić information content (AvgIpc) is 2.69. The lowest BCUT2D eigenvalue weighted by Crippen LogP contribution is -2.47. The van der Waals surface area contributed by atoms with Gasteiger partial charge in [-0.15, -0.1) is 0 Å². The van der Waals surface area contributed by atoms with Crippen LogP contribution in [-0.2, 0) is 20.8 Å². The molecule has 1 fully saturated rings. The molecule has 0 unspecified atom stereocenters. The number of unbranched alkanes of at least 4 members (excludes halogenated alkanes) is 1. The summed E-state index contributed by atoms with van der Waals surface area (Å²) in [5, 5.41) is 14.4. The van der Waals surface area contributed by atoms with Gasteiger partial charge in [-0.3, -0.25) is 4.79 Å². The largest absolute Gasteiger partial charge is 0.481 e. The highest BCUT2D eigenvalue weighted by molar-refractivity contribution is 5.73. The molecule has 2 amide bonds. The van der Waals surface area contributed by atoms with E-state index in [0.29, 0.717) is 26.1 Å². The van der Waals surface area contributed by atoms with Gasteiger partial charge in [-0.1, -0.05) is 42.5 Å². The van der Waals surface area contributed by atoms with Crippen LogP contribution in [0.4, 0.5) is 4.79 Å². The van der Waals surface area contributed by atoms with E-state index in [1.165, 1.54) is 0 Å². The molecule has 7 heteroatoms. The third-order valence-corrected chi connectivity index (χ3v) is 4.56. The molecule has 7 nitrogen and oxygen atoms in total. The van der Waals surface area contributed by atoms with Crippen LogP contribution in [0, 0.1) is 5.92 Å². The molecule has 1 aliphatic heterocycles. The summed E-state index contributed by atoms with van der Waals surface area (Å²) in [7, 11) is 0. The predicted molar refractivity (Wildman–Crippen MR) is 106 cm³/mol. The second kappa shape index (κ2) is 12.2. The molecule has 3 atom stereocenters. The Kier molecular flexibility index (Phi) is 9.51. The highest BCUT2D eigenvalue weighted by Crippen LogP contribution is 2.22. The molecule has 1 aromatic rings. The Bertz CT molecular complexity index is 635. The van der Waals surface area contributed by atoms with Gasteiger partial charge in [0.15, 0.2) is 6.29 Å². The van der Waals surface area contributed by atoms with Crippen LogP contribution in [0.3, 0.4) is 0 Å². The number of nitrogens with one attached hydrogen (secondary N) is 2. The maximum atomic E-state index is 12.1. The predicted octanol–water partition coefficient (Wildman–Crippen LogP) is 3.06. The van der Waals surface area contributed by atoms with Crippen LogP contribution < -0.4 is 10.6 Å². The SMILES string of the molecule is C[C@@H]1OC[C@H](CC=CCCCC(=O)O)[C@H](CNC(=O)NCc2ccccc2)O1. The van der Waals surface area contributed by atoms with E-state index in [1.807, 2.05) is 49.4 Å². The van der Waals surface area contributed by atoms with Gasteiger partial charge >= 0.3 is 12.0 Å². The van der Waals surface area contributed by atoms with Gasteiger partial charge in [0.25, 0.3) is 0 Å². The molecule has 1 heterocycles. The normalized spacial score (nSPS) is 22.1.